The molecule has 2 aromatic heterocycles. The fourth-order valence-corrected chi connectivity index (χ4v) is 7.40. The number of hydrogen-bond donors (Lipinski definition) is 0. The van der Waals surface area contributed by atoms with Gasteiger partial charge in [0.05, 0.1) is 0 Å². The number of anilines is 1. The van der Waals surface area contributed by atoms with Crippen molar-refractivity contribution >= 4 is 54.3 Å². The van der Waals surface area contributed by atoms with E-state index in [9.17, 15) is 4.79 Å². The van der Waals surface area contributed by atoms with Crippen LogP contribution in [0.1, 0.15) is 32.1 Å². The highest BCUT2D eigenvalue weighted by molar-refractivity contribution is 8.77. The maximum Gasteiger partial charge on any atom is 0.222 e. The van der Waals surface area contributed by atoms with Crippen molar-refractivity contribution in [1.29, 1.82) is 0 Å². The second-order valence-corrected chi connectivity index (χ2v) is 10.5. The summed E-state index contributed by atoms with van der Waals surface area (Å²) in [5, 5.41) is 1.85. The third kappa shape index (κ3) is 4.46. The standard InChI is InChI=1S/C18H24N4OS3/c23-16(6-2-1-4-14-7-13-24-26-14)21-9-11-22(12-10-21)18-20-15-5-3-8-19-17(15)25-18/h3,5,8,14H,1-2,4,6-7,9-13H2. The molecule has 0 spiro atoms. The molecule has 2 aliphatic heterocycles. The number of fused-ring (bicyclic) bond motifs is 1. The highest BCUT2D eigenvalue weighted by atomic mass is 33.1. The number of thiazole rings is 1. The molecule has 0 N–H and O–H groups in total. The zero-order valence-electron chi connectivity index (χ0n) is 14.8. The Balaban J connectivity index is 1.20. The van der Waals surface area contributed by atoms with E-state index in [-0.39, 0.29) is 0 Å². The molecule has 2 aromatic rings. The highest BCUT2D eigenvalue weighted by Crippen LogP contribution is 2.39. The van der Waals surface area contributed by atoms with Crippen LogP contribution in [-0.4, -0.2) is 58.0 Å². The molecule has 26 heavy (non-hydrogen) atoms. The van der Waals surface area contributed by atoms with Gasteiger partial charge in [-0.05, 0) is 31.4 Å². The summed E-state index contributed by atoms with van der Waals surface area (Å²) in [4.78, 5) is 26.8. The molecule has 0 saturated carbocycles. The lowest BCUT2D eigenvalue weighted by molar-refractivity contribution is -0.131. The van der Waals surface area contributed by atoms with Gasteiger partial charge < -0.3 is 9.80 Å². The molecule has 4 heterocycles. The van der Waals surface area contributed by atoms with Gasteiger partial charge in [-0.2, -0.15) is 0 Å². The van der Waals surface area contributed by atoms with Gasteiger partial charge in [0.25, 0.3) is 0 Å². The number of rotatable bonds is 6. The summed E-state index contributed by atoms with van der Waals surface area (Å²) in [7, 11) is 4.03. The van der Waals surface area contributed by atoms with Crippen LogP contribution in [0, 0.1) is 0 Å². The normalized spacial score (nSPS) is 20.8. The van der Waals surface area contributed by atoms with Gasteiger partial charge in [0, 0.05) is 49.8 Å². The summed E-state index contributed by atoms with van der Waals surface area (Å²) in [6.45, 7) is 3.33. The minimum Gasteiger partial charge on any atom is -0.344 e. The first-order valence-electron chi connectivity index (χ1n) is 9.32. The van der Waals surface area contributed by atoms with Crippen molar-refractivity contribution in [3.63, 3.8) is 0 Å². The van der Waals surface area contributed by atoms with Gasteiger partial charge in [-0.25, -0.2) is 9.97 Å². The Morgan fingerprint density at radius 1 is 1.23 bits per heavy atom. The SMILES string of the molecule is O=C(CCCCC1CCSS1)N1CCN(c2nc3cccnc3s2)CC1. The van der Waals surface area contributed by atoms with Gasteiger partial charge in [-0.15, -0.1) is 0 Å². The number of amides is 1. The number of carbonyl (C=O) groups is 1. The Labute approximate surface area is 166 Å². The van der Waals surface area contributed by atoms with Crippen LogP contribution in [0.25, 0.3) is 10.3 Å². The van der Waals surface area contributed by atoms with Gasteiger partial charge in [0.15, 0.2) is 5.13 Å². The van der Waals surface area contributed by atoms with Crippen LogP contribution in [0.2, 0.25) is 0 Å². The minimum atomic E-state index is 0.323. The fraction of sp³-hybridized carbons (Fsp3) is 0.611. The predicted octanol–water partition coefficient (Wildman–Crippen LogP) is 4.05. The van der Waals surface area contributed by atoms with Crippen LogP contribution < -0.4 is 4.90 Å². The molecule has 4 rings (SSSR count). The molecule has 1 amide bonds. The number of pyridine rings is 1. The molecular weight excluding hydrogens is 384 g/mol. The smallest absolute Gasteiger partial charge is 0.222 e. The van der Waals surface area contributed by atoms with E-state index in [4.69, 9.17) is 0 Å². The lowest BCUT2D eigenvalue weighted by atomic mass is 10.1. The Morgan fingerprint density at radius 2 is 2.12 bits per heavy atom. The van der Waals surface area contributed by atoms with E-state index in [1.54, 1.807) is 11.3 Å². The van der Waals surface area contributed by atoms with Crippen molar-refractivity contribution in [3.8, 4) is 0 Å². The van der Waals surface area contributed by atoms with Crippen molar-refractivity contribution < 1.29 is 4.79 Å². The average Bonchev–Trinajstić information content (AvgIpc) is 3.34. The number of nitrogens with zero attached hydrogens (tertiary/aromatic N) is 4. The van der Waals surface area contributed by atoms with Gasteiger partial charge >= 0.3 is 0 Å². The maximum absolute atomic E-state index is 12.5. The summed E-state index contributed by atoms with van der Waals surface area (Å²) >= 11 is 1.64. The van der Waals surface area contributed by atoms with E-state index in [1.165, 1.54) is 25.0 Å². The van der Waals surface area contributed by atoms with Crippen LogP contribution in [0.5, 0.6) is 0 Å². The molecule has 2 aliphatic rings. The molecule has 5 nitrogen and oxygen atoms in total. The second kappa shape index (κ2) is 8.80. The summed E-state index contributed by atoms with van der Waals surface area (Å²) in [5.41, 5.74) is 0.963. The quantitative estimate of drug-likeness (QED) is 0.531. The van der Waals surface area contributed by atoms with E-state index < -0.39 is 0 Å². The summed E-state index contributed by atoms with van der Waals surface area (Å²) < 4.78 is 0. The number of aromatic nitrogens is 2. The van der Waals surface area contributed by atoms with Crippen molar-refractivity contribution in [3.05, 3.63) is 18.3 Å². The van der Waals surface area contributed by atoms with E-state index in [2.05, 4.69) is 14.9 Å². The second-order valence-electron chi connectivity index (χ2n) is 6.77. The molecule has 1 unspecified atom stereocenters. The monoisotopic (exact) mass is 408 g/mol. The largest absolute Gasteiger partial charge is 0.344 e. The van der Waals surface area contributed by atoms with Crippen LogP contribution >= 0.6 is 32.9 Å². The molecule has 2 fully saturated rings. The minimum absolute atomic E-state index is 0.323. The summed E-state index contributed by atoms with van der Waals surface area (Å²) in [5.74, 6) is 1.62. The number of hydrogen-bond acceptors (Lipinski definition) is 7. The molecule has 2 saturated heterocycles. The summed E-state index contributed by atoms with van der Waals surface area (Å²) in [6.07, 6.45) is 7.34. The first kappa shape index (κ1) is 18.4. The van der Waals surface area contributed by atoms with Gasteiger partial charge in [-0.3, -0.25) is 4.79 Å². The van der Waals surface area contributed by atoms with E-state index in [0.29, 0.717) is 12.3 Å². The molecule has 0 radical (unpaired) electrons. The van der Waals surface area contributed by atoms with Crippen LogP contribution in [0.15, 0.2) is 18.3 Å². The highest BCUT2D eigenvalue weighted by Gasteiger charge is 2.23. The molecule has 140 valence electrons. The van der Waals surface area contributed by atoms with Crippen LogP contribution in [0.4, 0.5) is 5.13 Å². The van der Waals surface area contributed by atoms with Crippen molar-refractivity contribution in [2.75, 3.05) is 36.8 Å². The average molecular weight is 409 g/mol. The van der Waals surface area contributed by atoms with Gasteiger partial charge in [-0.1, -0.05) is 39.3 Å². The third-order valence-corrected chi connectivity index (χ3v) is 9.00. The third-order valence-electron chi connectivity index (χ3n) is 4.95. The first-order chi connectivity index (χ1) is 12.8. The van der Waals surface area contributed by atoms with E-state index in [0.717, 1.165) is 53.3 Å². The summed E-state index contributed by atoms with van der Waals surface area (Å²) in [6, 6.07) is 3.93. The first-order valence-corrected chi connectivity index (χ1v) is 12.5. The molecule has 0 bridgehead atoms. The Kier molecular flexibility index (Phi) is 6.22. The zero-order valence-corrected chi connectivity index (χ0v) is 17.3. The zero-order chi connectivity index (χ0) is 17.8. The van der Waals surface area contributed by atoms with Gasteiger partial charge in [0.1, 0.15) is 10.3 Å². The van der Waals surface area contributed by atoms with E-state index >= 15 is 0 Å². The Bertz CT molecular complexity index is 706. The molecule has 0 aliphatic carbocycles. The lowest BCUT2D eigenvalue weighted by Gasteiger charge is -2.34. The van der Waals surface area contributed by atoms with E-state index in [1.807, 2.05) is 44.8 Å². The predicted molar refractivity (Wildman–Crippen MR) is 113 cm³/mol. The van der Waals surface area contributed by atoms with Crippen LogP contribution in [-0.2, 0) is 4.79 Å². The fourth-order valence-electron chi connectivity index (χ4n) is 3.41. The van der Waals surface area contributed by atoms with Crippen molar-refractivity contribution in [2.24, 2.45) is 0 Å². The molecular formula is C18H24N4OS3. The lowest BCUT2D eigenvalue weighted by Crippen LogP contribution is -2.48. The van der Waals surface area contributed by atoms with Crippen molar-refractivity contribution in [1.82, 2.24) is 14.9 Å². The number of unbranched alkanes of at least 4 members (excludes halogenated alkanes) is 1. The number of piperazine rings is 1. The molecule has 1 atom stereocenters. The molecule has 8 heteroatoms. The Morgan fingerprint density at radius 3 is 2.88 bits per heavy atom. The van der Waals surface area contributed by atoms with Gasteiger partial charge in [0.2, 0.25) is 5.91 Å². The molecule has 0 aromatic carbocycles. The Hall–Kier alpha value is -0.990. The number of carbonyl (C=O) groups excluding carboxylic acids is 1. The maximum atomic E-state index is 12.5. The van der Waals surface area contributed by atoms with Crippen molar-refractivity contribution in [2.45, 2.75) is 37.4 Å². The van der Waals surface area contributed by atoms with Crippen LogP contribution in [0.3, 0.4) is 0 Å². The topological polar surface area (TPSA) is 49.3 Å².